The maximum atomic E-state index is 12.3. The van der Waals surface area contributed by atoms with Gasteiger partial charge in [-0.2, -0.15) is 0 Å². The molecule has 0 atom stereocenters. The molecule has 1 aliphatic rings. The molecule has 3 amide bonds. The molecule has 0 spiro atoms. The molecule has 1 saturated heterocycles. The Morgan fingerprint density at radius 1 is 1.12 bits per heavy atom. The zero-order valence-corrected chi connectivity index (χ0v) is 15.3. The van der Waals surface area contributed by atoms with Crippen molar-refractivity contribution in [3.8, 4) is 0 Å². The highest BCUT2D eigenvalue weighted by Gasteiger charge is 2.23. The highest BCUT2D eigenvalue weighted by atomic mass is 16.2. The van der Waals surface area contributed by atoms with Gasteiger partial charge in [0.25, 0.3) is 0 Å². The van der Waals surface area contributed by atoms with E-state index in [4.69, 9.17) is 0 Å². The smallest absolute Gasteiger partial charge is 0.319 e. The molecule has 2 aromatic carbocycles. The van der Waals surface area contributed by atoms with Crippen LogP contribution in [0.25, 0.3) is 0 Å². The monoisotopic (exact) mass is 351 g/mol. The van der Waals surface area contributed by atoms with Crippen molar-refractivity contribution in [3.63, 3.8) is 0 Å². The summed E-state index contributed by atoms with van der Waals surface area (Å²) < 4.78 is 0. The number of hydrogen-bond donors (Lipinski definition) is 2. The van der Waals surface area contributed by atoms with Crippen LogP contribution in [0.1, 0.15) is 32.3 Å². The van der Waals surface area contributed by atoms with E-state index in [0.717, 1.165) is 18.7 Å². The van der Waals surface area contributed by atoms with Gasteiger partial charge in [-0.05, 0) is 30.2 Å². The number of anilines is 2. The summed E-state index contributed by atoms with van der Waals surface area (Å²) in [5, 5.41) is 5.79. The number of nitrogens with zero attached hydrogens (tertiary/aromatic N) is 1. The Kier molecular flexibility index (Phi) is 5.26. The molecule has 5 nitrogen and oxygen atoms in total. The van der Waals surface area contributed by atoms with E-state index in [9.17, 15) is 9.59 Å². The van der Waals surface area contributed by atoms with E-state index in [0.29, 0.717) is 18.7 Å². The maximum absolute atomic E-state index is 12.3. The quantitative estimate of drug-likeness (QED) is 0.858. The molecular weight excluding hydrogens is 326 g/mol. The third kappa shape index (κ3) is 4.23. The third-order valence-corrected chi connectivity index (χ3v) is 4.74. The third-order valence-electron chi connectivity index (χ3n) is 4.74. The molecule has 1 aliphatic heterocycles. The Hall–Kier alpha value is -2.82. The van der Waals surface area contributed by atoms with Gasteiger partial charge in [-0.1, -0.05) is 50.2 Å². The van der Waals surface area contributed by atoms with Gasteiger partial charge >= 0.3 is 6.03 Å². The Morgan fingerprint density at radius 3 is 2.58 bits per heavy atom. The van der Waals surface area contributed by atoms with Crippen LogP contribution in [0.15, 0.2) is 54.6 Å². The van der Waals surface area contributed by atoms with Crippen LogP contribution in [-0.4, -0.2) is 25.0 Å². The number of rotatable bonds is 5. The number of urea groups is 1. The molecule has 5 heteroatoms. The minimum atomic E-state index is -0.251. The fourth-order valence-electron chi connectivity index (χ4n) is 3.14. The molecule has 0 saturated carbocycles. The predicted octanol–water partition coefficient (Wildman–Crippen LogP) is 3.91. The van der Waals surface area contributed by atoms with Crippen LogP contribution in [0, 0.1) is 0 Å². The van der Waals surface area contributed by atoms with Gasteiger partial charge in [0.05, 0.1) is 0 Å². The van der Waals surface area contributed by atoms with Crippen LogP contribution in [0.3, 0.4) is 0 Å². The van der Waals surface area contributed by atoms with Crippen LogP contribution in [0.5, 0.6) is 0 Å². The van der Waals surface area contributed by atoms with Crippen molar-refractivity contribution in [3.05, 3.63) is 60.2 Å². The molecule has 0 unspecified atom stereocenters. The summed E-state index contributed by atoms with van der Waals surface area (Å²) in [6.45, 7) is 5.46. The van der Waals surface area contributed by atoms with Gasteiger partial charge in [-0.15, -0.1) is 0 Å². The molecule has 0 aromatic heterocycles. The van der Waals surface area contributed by atoms with Crippen LogP contribution >= 0.6 is 0 Å². The van der Waals surface area contributed by atoms with Crippen molar-refractivity contribution in [2.45, 2.75) is 32.1 Å². The van der Waals surface area contributed by atoms with E-state index >= 15 is 0 Å². The predicted molar refractivity (Wildman–Crippen MR) is 105 cm³/mol. The first-order valence-electron chi connectivity index (χ1n) is 8.96. The molecule has 136 valence electrons. The van der Waals surface area contributed by atoms with Crippen molar-refractivity contribution in [2.75, 3.05) is 23.3 Å². The molecule has 1 fully saturated rings. The van der Waals surface area contributed by atoms with Crippen molar-refractivity contribution < 1.29 is 9.59 Å². The van der Waals surface area contributed by atoms with Crippen LogP contribution in [-0.2, 0) is 10.2 Å². The van der Waals surface area contributed by atoms with Gasteiger partial charge < -0.3 is 15.5 Å². The SMILES string of the molecule is CC(C)(CNC(=O)Nc1cccc(N2CCCC2=O)c1)c1ccccc1. The number of benzene rings is 2. The lowest BCUT2D eigenvalue weighted by molar-refractivity contribution is -0.117. The summed E-state index contributed by atoms with van der Waals surface area (Å²) in [6, 6.07) is 17.3. The topological polar surface area (TPSA) is 61.4 Å². The lowest BCUT2D eigenvalue weighted by Gasteiger charge is -2.25. The van der Waals surface area contributed by atoms with Gasteiger partial charge in [-0.3, -0.25) is 4.79 Å². The summed E-state index contributed by atoms with van der Waals surface area (Å²) in [5.41, 5.74) is 2.52. The first-order valence-corrected chi connectivity index (χ1v) is 8.96. The lowest BCUT2D eigenvalue weighted by Crippen LogP contribution is -2.39. The molecule has 0 radical (unpaired) electrons. The fourth-order valence-corrected chi connectivity index (χ4v) is 3.14. The lowest BCUT2D eigenvalue weighted by atomic mass is 9.85. The van der Waals surface area contributed by atoms with Crippen LogP contribution < -0.4 is 15.5 Å². The van der Waals surface area contributed by atoms with Crippen LogP contribution in [0.4, 0.5) is 16.2 Å². The molecule has 2 N–H and O–H groups in total. The molecule has 3 rings (SSSR count). The average Bonchev–Trinajstić information content (AvgIpc) is 3.07. The summed E-state index contributed by atoms with van der Waals surface area (Å²) in [6.07, 6.45) is 1.47. The second-order valence-corrected chi connectivity index (χ2v) is 7.26. The fraction of sp³-hybridized carbons (Fsp3) is 0.333. The maximum Gasteiger partial charge on any atom is 0.319 e. The van der Waals surface area contributed by atoms with E-state index in [-0.39, 0.29) is 17.4 Å². The molecule has 1 heterocycles. The first-order chi connectivity index (χ1) is 12.5. The van der Waals surface area contributed by atoms with Gasteiger partial charge in [0.2, 0.25) is 5.91 Å². The summed E-state index contributed by atoms with van der Waals surface area (Å²) in [7, 11) is 0. The number of hydrogen-bond acceptors (Lipinski definition) is 2. The van der Waals surface area contributed by atoms with Crippen LogP contribution in [0.2, 0.25) is 0 Å². The van der Waals surface area contributed by atoms with Crippen molar-refractivity contribution in [1.29, 1.82) is 0 Å². The molecular formula is C21H25N3O2. The second-order valence-electron chi connectivity index (χ2n) is 7.26. The summed E-state index contributed by atoms with van der Waals surface area (Å²) in [4.78, 5) is 25.9. The minimum absolute atomic E-state index is 0.135. The second kappa shape index (κ2) is 7.60. The standard InChI is InChI=1S/C21H25N3O2/c1-21(2,16-8-4-3-5-9-16)15-22-20(26)23-17-10-6-11-18(14-17)24-13-7-12-19(24)25/h3-6,8-11,14H,7,12-13,15H2,1-2H3,(H2,22,23,26). The first kappa shape index (κ1) is 18.0. The minimum Gasteiger partial charge on any atom is -0.337 e. The average molecular weight is 351 g/mol. The van der Waals surface area contributed by atoms with Gasteiger partial charge in [-0.25, -0.2) is 4.79 Å². The Morgan fingerprint density at radius 2 is 1.88 bits per heavy atom. The van der Waals surface area contributed by atoms with Crippen molar-refractivity contribution in [1.82, 2.24) is 5.32 Å². The number of amides is 3. The van der Waals surface area contributed by atoms with Gasteiger partial charge in [0.1, 0.15) is 0 Å². The Balaban J connectivity index is 1.59. The van der Waals surface area contributed by atoms with E-state index in [1.807, 2.05) is 42.5 Å². The van der Waals surface area contributed by atoms with Crippen molar-refractivity contribution >= 4 is 23.3 Å². The van der Waals surface area contributed by atoms with Crippen molar-refractivity contribution in [2.24, 2.45) is 0 Å². The summed E-state index contributed by atoms with van der Waals surface area (Å²) >= 11 is 0. The number of carbonyl (C=O) groups excluding carboxylic acids is 2. The number of carbonyl (C=O) groups is 2. The number of nitrogens with one attached hydrogen (secondary N) is 2. The molecule has 0 aliphatic carbocycles. The largest absolute Gasteiger partial charge is 0.337 e. The highest BCUT2D eigenvalue weighted by molar-refractivity contribution is 5.96. The van der Waals surface area contributed by atoms with E-state index < -0.39 is 0 Å². The molecule has 26 heavy (non-hydrogen) atoms. The van der Waals surface area contributed by atoms with Gasteiger partial charge in [0, 0.05) is 36.3 Å². The Bertz CT molecular complexity index is 787. The molecule has 0 bridgehead atoms. The van der Waals surface area contributed by atoms with E-state index in [2.05, 4.69) is 36.6 Å². The normalized spacial score (nSPS) is 14.4. The zero-order chi connectivity index (χ0) is 18.6. The van der Waals surface area contributed by atoms with E-state index in [1.54, 1.807) is 4.90 Å². The Labute approximate surface area is 154 Å². The summed E-state index contributed by atoms with van der Waals surface area (Å²) in [5.74, 6) is 0.135. The highest BCUT2D eigenvalue weighted by Crippen LogP contribution is 2.24. The van der Waals surface area contributed by atoms with E-state index in [1.165, 1.54) is 5.56 Å². The molecule has 2 aromatic rings. The zero-order valence-electron chi connectivity index (χ0n) is 15.3. The van der Waals surface area contributed by atoms with Gasteiger partial charge in [0.15, 0.2) is 0 Å².